The summed E-state index contributed by atoms with van der Waals surface area (Å²) >= 11 is 0. The molecule has 0 aliphatic heterocycles. The van der Waals surface area contributed by atoms with Gasteiger partial charge in [0.2, 0.25) is 0 Å². The van der Waals surface area contributed by atoms with Crippen molar-refractivity contribution in [3.63, 3.8) is 0 Å². The van der Waals surface area contributed by atoms with Crippen LogP contribution in [0.4, 0.5) is 11.5 Å². The van der Waals surface area contributed by atoms with Gasteiger partial charge in [0.1, 0.15) is 5.82 Å². The van der Waals surface area contributed by atoms with Crippen LogP contribution in [-0.2, 0) is 6.42 Å². The van der Waals surface area contributed by atoms with Crippen LogP contribution in [0.5, 0.6) is 11.5 Å². The number of aromatic nitrogens is 2. The van der Waals surface area contributed by atoms with Crippen LogP contribution < -0.4 is 20.1 Å². The fraction of sp³-hybridized carbons (Fsp3) is 0.156. The minimum Gasteiger partial charge on any atom is -0.493 e. The SMILES string of the molecule is COc1cc2nccc(Cc3ccc(Nc4ncccc4C(=O)N[C@H](C)c4ccccc4)cc3)c2cc1OC. The molecular weight excluding hydrogens is 488 g/mol. The zero-order chi connectivity index (χ0) is 27.2. The van der Waals surface area contributed by atoms with Crippen LogP contribution in [0, 0.1) is 0 Å². The maximum Gasteiger partial charge on any atom is 0.255 e. The van der Waals surface area contributed by atoms with Crippen molar-refractivity contribution in [3.8, 4) is 11.5 Å². The van der Waals surface area contributed by atoms with Crippen LogP contribution in [0.3, 0.4) is 0 Å². The van der Waals surface area contributed by atoms with Gasteiger partial charge in [-0.15, -0.1) is 0 Å². The van der Waals surface area contributed by atoms with E-state index >= 15 is 0 Å². The van der Waals surface area contributed by atoms with Crippen molar-refractivity contribution in [2.75, 3.05) is 19.5 Å². The molecule has 1 amide bonds. The number of hydrogen-bond acceptors (Lipinski definition) is 6. The van der Waals surface area contributed by atoms with Gasteiger partial charge < -0.3 is 20.1 Å². The van der Waals surface area contributed by atoms with E-state index in [4.69, 9.17) is 9.47 Å². The number of rotatable bonds is 9. The van der Waals surface area contributed by atoms with E-state index in [2.05, 4.69) is 32.7 Å². The Kier molecular flexibility index (Phi) is 7.68. The van der Waals surface area contributed by atoms with Crippen molar-refractivity contribution >= 4 is 28.3 Å². The summed E-state index contributed by atoms with van der Waals surface area (Å²) in [5.74, 6) is 1.65. The van der Waals surface area contributed by atoms with Gasteiger partial charge in [0.25, 0.3) is 5.91 Å². The Balaban J connectivity index is 1.31. The molecular formula is C32H30N4O3. The standard InChI is InChI=1S/C32H30N4O3/c1-21(23-8-5-4-6-9-23)35-32(37)26-10-7-16-34-31(26)36-25-13-11-22(12-14-25)18-24-15-17-33-28-20-30(39-3)29(38-2)19-27(24)28/h4-17,19-21H,18H2,1-3H3,(H,34,36)(H,35,37)/t21-/m1/s1. The first kappa shape index (κ1) is 25.7. The summed E-state index contributed by atoms with van der Waals surface area (Å²) in [5, 5.41) is 7.39. The monoisotopic (exact) mass is 518 g/mol. The average molecular weight is 519 g/mol. The summed E-state index contributed by atoms with van der Waals surface area (Å²) in [6.45, 7) is 1.97. The lowest BCUT2D eigenvalue weighted by Gasteiger charge is -2.16. The Morgan fingerprint density at radius 3 is 2.33 bits per heavy atom. The highest BCUT2D eigenvalue weighted by molar-refractivity contribution is 5.99. The number of carbonyl (C=O) groups is 1. The second-order valence-electron chi connectivity index (χ2n) is 9.20. The molecule has 39 heavy (non-hydrogen) atoms. The van der Waals surface area contributed by atoms with E-state index in [1.807, 2.05) is 73.8 Å². The first-order valence-electron chi connectivity index (χ1n) is 12.7. The van der Waals surface area contributed by atoms with Crippen molar-refractivity contribution in [2.24, 2.45) is 0 Å². The first-order valence-corrected chi connectivity index (χ1v) is 12.7. The molecule has 2 aromatic heterocycles. The lowest BCUT2D eigenvalue weighted by atomic mass is 10.0. The molecule has 0 spiro atoms. The van der Waals surface area contributed by atoms with Gasteiger partial charge in [0, 0.05) is 29.5 Å². The van der Waals surface area contributed by atoms with E-state index in [9.17, 15) is 4.79 Å². The highest BCUT2D eigenvalue weighted by Gasteiger charge is 2.16. The summed E-state index contributed by atoms with van der Waals surface area (Å²) in [4.78, 5) is 22.0. The molecule has 1 atom stereocenters. The Hall–Kier alpha value is -4.91. The second-order valence-corrected chi connectivity index (χ2v) is 9.20. The molecule has 0 aliphatic carbocycles. The van der Waals surface area contributed by atoms with Gasteiger partial charge in [-0.25, -0.2) is 4.98 Å². The van der Waals surface area contributed by atoms with E-state index in [1.54, 1.807) is 32.5 Å². The predicted molar refractivity (Wildman–Crippen MR) is 154 cm³/mol. The highest BCUT2D eigenvalue weighted by atomic mass is 16.5. The van der Waals surface area contributed by atoms with Gasteiger partial charge in [-0.1, -0.05) is 42.5 Å². The van der Waals surface area contributed by atoms with Crippen molar-refractivity contribution in [1.29, 1.82) is 0 Å². The number of pyridine rings is 2. The van der Waals surface area contributed by atoms with Crippen molar-refractivity contribution in [3.05, 3.63) is 120 Å². The summed E-state index contributed by atoms with van der Waals surface area (Å²) < 4.78 is 10.9. The van der Waals surface area contributed by atoms with E-state index in [-0.39, 0.29) is 11.9 Å². The molecule has 0 unspecified atom stereocenters. The number of ether oxygens (including phenoxy) is 2. The highest BCUT2D eigenvalue weighted by Crippen LogP contribution is 2.33. The van der Waals surface area contributed by atoms with Gasteiger partial charge >= 0.3 is 0 Å². The third kappa shape index (κ3) is 5.83. The molecule has 0 fully saturated rings. The van der Waals surface area contributed by atoms with Gasteiger partial charge in [0.05, 0.1) is 31.3 Å². The van der Waals surface area contributed by atoms with Crippen molar-refractivity contribution < 1.29 is 14.3 Å². The number of methoxy groups -OCH3 is 2. The molecule has 2 N–H and O–H groups in total. The fourth-order valence-electron chi connectivity index (χ4n) is 4.53. The predicted octanol–water partition coefficient (Wildman–Crippen LogP) is 6.47. The second kappa shape index (κ2) is 11.6. The smallest absolute Gasteiger partial charge is 0.255 e. The Bertz CT molecular complexity index is 1590. The third-order valence-corrected chi connectivity index (χ3v) is 6.65. The number of nitrogens with zero attached hydrogens (tertiary/aromatic N) is 2. The van der Waals surface area contributed by atoms with E-state index < -0.39 is 0 Å². The molecule has 0 bridgehead atoms. The van der Waals surface area contributed by atoms with E-state index in [0.29, 0.717) is 22.9 Å². The molecule has 0 saturated heterocycles. The molecule has 5 aromatic rings. The van der Waals surface area contributed by atoms with Crippen LogP contribution in [0.15, 0.2) is 97.3 Å². The summed E-state index contributed by atoms with van der Waals surface area (Å²) in [6.07, 6.45) is 4.21. The van der Waals surface area contributed by atoms with E-state index in [1.165, 1.54) is 0 Å². The third-order valence-electron chi connectivity index (χ3n) is 6.65. The molecule has 0 radical (unpaired) electrons. The zero-order valence-corrected chi connectivity index (χ0v) is 22.1. The Morgan fingerprint density at radius 1 is 0.846 bits per heavy atom. The van der Waals surface area contributed by atoms with Gasteiger partial charge in [0.15, 0.2) is 11.5 Å². The maximum absolute atomic E-state index is 13.1. The number of fused-ring (bicyclic) bond motifs is 1. The van der Waals surface area contributed by atoms with Crippen molar-refractivity contribution in [1.82, 2.24) is 15.3 Å². The Morgan fingerprint density at radius 2 is 1.59 bits per heavy atom. The lowest BCUT2D eigenvalue weighted by molar-refractivity contribution is 0.0940. The fourth-order valence-corrected chi connectivity index (χ4v) is 4.53. The number of hydrogen-bond donors (Lipinski definition) is 2. The molecule has 5 rings (SSSR count). The van der Waals surface area contributed by atoms with Gasteiger partial charge in [-0.2, -0.15) is 0 Å². The minimum atomic E-state index is -0.185. The molecule has 7 heteroatoms. The van der Waals surface area contributed by atoms with Crippen LogP contribution in [0.2, 0.25) is 0 Å². The number of amides is 1. The molecule has 196 valence electrons. The summed E-state index contributed by atoms with van der Waals surface area (Å²) in [6, 6.07) is 27.3. The molecule has 0 saturated carbocycles. The van der Waals surface area contributed by atoms with Crippen LogP contribution in [0.1, 0.15) is 40.0 Å². The van der Waals surface area contributed by atoms with E-state index in [0.717, 1.165) is 39.7 Å². The normalized spacial score (nSPS) is 11.6. The van der Waals surface area contributed by atoms with Crippen LogP contribution in [-0.4, -0.2) is 30.1 Å². The topological polar surface area (TPSA) is 85.4 Å². The zero-order valence-electron chi connectivity index (χ0n) is 22.1. The quantitative estimate of drug-likeness (QED) is 0.233. The van der Waals surface area contributed by atoms with Crippen LogP contribution >= 0.6 is 0 Å². The molecule has 3 aromatic carbocycles. The summed E-state index contributed by atoms with van der Waals surface area (Å²) in [5.41, 5.74) is 5.49. The molecule has 0 aliphatic rings. The first-order chi connectivity index (χ1) is 19.1. The van der Waals surface area contributed by atoms with Gasteiger partial charge in [-0.3, -0.25) is 9.78 Å². The lowest BCUT2D eigenvalue weighted by Crippen LogP contribution is -2.27. The Labute approximate surface area is 227 Å². The minimum absolute atomic E-state index is 0.128. The number of carbonyl (C=O) groups excluding carboxylic acids is 1. The number of anilines is 2. The van der Waals surface area contributed by atoms with Crippen LogP contribution in [0.25, 0.3) is 10.9 Å². The van der Waals surface area contributed by atoms with Crippen molar-refractivity contribution in [2.45, 2.75) is 19.4 Å². The largest absolute Gasteiger partial charge is 0.493 e. The summed E-state index contributed by atoms with van der Waals surface area (Å²) in [7, 11) is 3.25. The molecule has 7 nitrogen and oxygen atoms in total. The number of benzene rings is 3. The van der Waals surface area contributed by atoms with Gasteiger partial charge in [-0.05, 0) is 66.4 Å². The molecule has 2 heterocycles. The number of nitrogens with one attached hydrogen (secondary N) is 2. The average Bonchev–Trinajstić information content (AvgIpc) is 2.98. The maximum atomic E-state index is 13.1.